The molecule has 0 aliphatic carbocycles. The lowest BCUT2D eigenvalue weighted by Crippen LogP contribution is -2.52. The van der Waals surface area contributed by atoms with Crippen molar-refractivity contribution >= 4 is 50.2 Å². The maximum atomic E-state index is 13.1. The number of carbonyl (C=O) groups excluding carboxylic acids is 1. The number of piperazine rings is 1. The van der Waals surface area contributed by atoms with Gasteiger partial charge in [-0.2, -0.15) is 4.31 Å². The van der Waals surface area contributed by atoms with Gasteiger partial charge >= 0.3 is 0 Å². The molecule has 0 spiro atoms. The third-order valence-corrected chi connectivity index (χ3v) is 9.97. The van der Waals surface area contributed by atoms with Gasteiger partial charge in [0.15, 0.2) is 0 Å². The van der Waals surface area contributed by atoms with Gasteiger partial charge in [-0.3, -0.25) is 9.69 Å². The molecule has 2 aliphatic rings. The first-order chi connectivity index (χ1) is 13.9. The van der Waals surface area contributed by atoms with Crippen LogP contribution < -0.4 is 0 Å². The summed E-state index contributed by atoms with van der Waals surface area (Å²) < 4.78 is 28.3. The predicted molar refractivity (Wildman–Crippen MR) is 117 cm³/mol. The molecule has 1 amide bonds. The third-order valence-electron chi connectivity index (χ3n) is 5.51. The van der Waals surface area contributed by atoms with Crippen molar-refractivity contribution in [1.82, 2.24) is 14.1 Å². The summed E-state index contributed by atoms with van der Waals surface area (Å²) in [5.74, 6) is -0.156. The van der Waals surface area contributed by atoms with Crippen LogP contribution in [0.2, 0.25) is 4.34 Å². The molecule has 6 nitrogen and oxygen atoms in total. The Morgan fingerprint density at radius 2 is 1.93 bits per heavy atom. The van der Waals surface area contributed by atoms with Crippen LogP contribution in [-0.4, -0.2) is 67.7 Å². The second-order valence-corrected chi connectivity index (χ2v) is 12.4. The molecule has 2 aromatic rings. The monoisotopic (exact) mass is 473 g/mol. The Hall–Kier alpha value is -0.970. The molecular formula is C19H24ClN3O3S3. The Morgan fingerprint density at radius 3 is 2.59 bits per heavy atom. The first-order valence-electron chi connectivity index (χ1n) is 9.72. The number of amides is 1. The van der Waals surface area contributed by atoms with Gasteiger partial charge in [0.1, 0.15) is 4.21 Å². The fourth-order valence-electron chi connectivity index (χ4n) is 3.94. The minimum atomic E-state index is -3.49. The van der Waals surface area contributed by atoms with Crippen LogP contribution in [0.15, 0.2) is 33.9 Å². The molecule has 0 radical (unpaired) electrons. The third kappa shape index (κ3) is 4.86. The van der Waals surface area contributed by atoms with E-state index in [0.717, 1.165) is 36.8 Å². The molecule has 10 heteroatoms. The summed E-state index contributed by atoms with van der Waals surface area (Å²) in [5.41, 5.74) is 0. The maximum absolute atomic E-state index is 13.1. The largest absolute Gasteiger partial charge is 0.340 e. The predicted octanol–water partition coefficient (Wildman–Crippen LogP) is 3.21. The highest BCUT2D eigenvalue weighted by Gasteiger charge is 2.36. The summed E-state index contributed by atoms with van der Waals surface area (Å²) >= 11 is 8.83. The number of carbonyl (C=O) groups is 1. The van der Waals surface area contributed by atoms with Crippen molar-refractivity contribution in [2.24, 2.45) is 5.92 Å². The van der Waals surface area contributed by atoms with Crippen LogP contribution in [0.1, 0.15) is 17.7 Å². The van der Waals surface area contributed by atoms with Crippen molar-refractivity contribution in [2.75, 3.05) is 39.3 Å². The molecule has 4 rings (SSSR count). The summed E-state index contributed by atoms with van der Waals surface area (Å²) in [6.07, 6.45) is 1.48. The van der Waals surface area contributed by atoms with E-state index in [1.165, 1.54) is 20.5 Å². The van der Waals surface area contributed by atoms with Gasteiger partial charge in [-0.05, 0) is 36.4 Å². The molecule has 2 aromatic heterocycles. The van der Waals surface area contributed by atoms with Gasteiger partial charge in [0, 0.05) is 50.7 Å². The highest BCUT2D eigenvalue weighted by atomic mass is 35.5. The van der Waals surface area contributed by atoms with Crippen molar-refractivity contribution in [1.29, 1.82) is 0 Å². The average molecular weight is 474 g/mol. The SMILES string of the molecule is O=C([C@@H]1CCCN(S(=O)(=O)c2cccs2)C1)N1CCN(Cc2ccc(Cl)s2)CC1. The summed E-state index contributed by atoms with van der Waals surface area (Å²) in [4.78, 5) is 18.5. The molecular weight excluding hydrogens is 450 g/mol. The molecule has 2 aliphatic heterocycles. The van der Waals surface area contributed by atoms with E-state index in [1.54, 1.807) is 28.8 Å². The van der Waals surface area contributed by atoms with Crippen molar-refractivity contribution < 1.29 is 13.2 Å². The second-order valence-electron chi connectivity index (χ2n) is 7.44. The Kier molecular flexibility index (Phi) is 6.62. The van der Waals surface area contributed by atoms with E-state index in [4.69, 9.17) is 11.6 Å². The molecule has 0 saturated carbocycles. The first kappa shape index (κ1) is 21.3. The van der Waals surface area contributed by atoms with Gasteiger partial charge in [-0.25, -0.2) is 8.42 Å². The number of piperidine rings is 1. The summed E-state index contributed by atoms with van der Waals surface area (Å²) in [7, 11) is -3.49. The van der Waals surface area contributed by atoms with Gasteiger partial charge in [0.05, 0.1) is 10.3 Å². The van der Waals surface area contributed by atoms with E-state index < -0.39 is 10.0 Å². The zero-order valence-electron chi connectivity index (χ0n) is 16.0. The van der Waals surface area contributed by atoms with Crippen molar-refractivity contribution in [2.45, 2.75) is 23.6 Å². The number of sulfonamides is 1. The number of hydrogen-bond acceptors (Lipinski definition) is 6. The van der Waals surface area contributed by atoms with Crippen LogP contribution in [0, 0.1) is 5.92 Å². The van der Waals surface area contributed by atoms with Gasteiger partial charge in [0.2, 0.25) is 5.91 Å². The Bertz CT molecular complexity index is 937. The maximum Gasteiger partial charge on any atom is 0.252 e. The van der Waals surface area contributed by atoms with E-state index in [2.05, 4.69) is 11.0 Å². The fourth-order valence-corrected chi connectivity index (χ4v) is 7.74. The van der Waals surface area contributed by atoms with Gasteiger partial charge in [-0.1, -0.05) is 17.7 Å². The summed E-state index contributed by atoms with van der Waals surface area (Å²) in [5, 5.41) is 1.77. The molecule has 158 valence electrons. The summed E-state index contributed by atoms with van der Waals surface area (Å²) in [6, 6.07) is 7.34. The quantitative estimate of drug-likeness (QED) is 0.669. The molecule has 2 fully saturated rings. The van der Waals surface area contributed by atoms with E-state index in [-0.39, 0.29) is 18.4 Å². The number of nitrogens with zero attached hydrogens (tertiary/aromatic N) is 3. The van der Waals surface area contributed by atoms with E-state index >= 15 is 0 Å². The van der Waals surface area contributed by atoms with Crippen LogP contribution >= 0.6 is 34.3 Å². The molecule has 1 atom stereocenters. The normalized spacial score (nSPS) is 22.1. The lowest BCUT2D eigenvalue weighted by molar-refractivity contribution is -0.138. The Morgan fingerprint density at radius 1 is 1.14 bits per heavy atom. The minimum absolute atomic E-state index is 0.0925. The molecule has 0 aromatic carbocycles. The highest BCUT2D eigenvalue weighted by Crippen LogP contribution is 2.28. The first-order valence-corrected chi connectivity index (χ1v) is 13.2. The van der Waals surface area contributed by atoms with Crippen molar-refractivity contribution in [3.05, 3.63) is 38.9 Å². The fraction of sp³-hybridized carbons (Fsp3) is 0.526. The van der Waals surface area contributed by atoms with Crippen LogP contribution in [0.5, 0.6) is 0 Å². The summed E-state index contributed by atoms with van der Waals surface area (Å²) in [6.45, 7) is 4.65. The molecule has 0 N–H and O–H groups in total. The van der Waals surface area contributed by atoms with Crippen LogP contribution in [0.25, 0.3) is 0 Å². The van der Waals surface area contributed by atoms with Crippen molar-refractivity contribution in [3.63, 3.8) is 0 Å². The van der Waals surface area contributed by atoms with Crippen LogP contribution in [0.4, 0.5) is 0 Å². The van der Waals surface area contributed by atoms with E-state index in [9.17, 15) is 13.2 Å². The Balaban J connectivity index is 1.33. The molecule has 29 heavy (non-hydrogen) atoms. The topological polar surface area (TPSA) is 60.9 Å². The van der Waals surface area contributed by atoms with E-state index in [1.807, 2.05) is 11.0 Å². The Labute approximate surface area is 184 Å². The number of halogens is 1. The molecule has 2 saturated heterocycles. The molecule has 0 unspecified atom stereocenters. The van der Waals surface area contributed by atoms with Crippen LogP contribution in [-0.2, 0) is 21.4 Å². The lowest BCUT2D eigenvalue weighted by atomic mass is 9.98. The molecule has 0 bridgehead atoms. The highest BCUT2D eigenvalue weighted by molar-refractivity contribution is 7.91. The van der Waals surface area contributed by atoms with Gasteiger partial charge in [0.25, 0.3) is 10.0 Å². The molecule has 4 heterocycles. The number of rotatable bonds is 5. The minimum Gasteiger partial charge on any atom is -0.340 e. The van der Waals surface area contributed by atoms with Crippen molar-refractivity contribution in [3.8, 4) is 0 Å². The number of hydrogen-bond donors (Lipinski definition) is 0. The zero-order valence-corrected chi connectivity index (χ0v) is 19.2. The smallest absolute Gasteiger partial charge is 0.252 e. The second kappa shape index (κ2) is 9.03. The lowest BCUT2D eigenvalue weighted by Gasteiger charge is -2.38. The van der Waals surface area contributed by atoms with Gasteiger partial charge < -0.3 is 4.90 Å². The standard InChI is InChI=1S/C19H24ClN3O3S3/c20-17-6-5-16(28-17)14-21-8-10-22(11-9-21)19(24)15-3-1-7-23(13-15)29(25,26)18-4-2-12-27-18/h2,4-6,12,15H,1,3,7-11,13-14H2/t15-/m1/s1. The van der Waals surface area contributed by atoms with Crippen LogP contribution in [0.3, 0.4) is 0 Å². The average Bonchev–Trinajstić information content (AvgIpc) is 3.41. The van der Waals surface area contributed by atoms with Gasteiger partial charge in [-0.15, -0.1) is 22.7 Å². The number of thiophene rings is 2. The van der Waals surface area contributed by atoms with E-state index in [0.29, 0.717) is 23.8 Å². The zero-order chi connectivity index (χ0) is 20.4.